The summed E-state index contributed by atoms with van der Waals surface area (Å²) < 4.78 is 5.27. The summed E-state index contributed by atoms with van der Waals surface area (Å²) in [5, 5.41) is 0. The second kappa shape index (κ2) is 5.80. The first kappa shape index (κ1) is 15.5. The molecule has 5 heteroatoms. The van der Waals surface area contributed by atoms with Gasteiger partial charge in [-0.3, -0.25) is 9.59 Å². The van der Waals surface area contributed by atoms with Gasteiger partial charge in [0.25, 0.3) is 0 Å². The summed E-state index contributed by atoms with van der Waals surface area (Å²) in [5.74, 6) is 1.81. The summed E-state index contributed by atoms with van der Waals surface area (Å²) in [6.07, 6.45) is 4.57. The number of rotatable bonds is 4. The number of hydrogen-bond acceptors (Lipinski definition) is 3. The Morgan fingerprint density at radius 2 is 2.17 bits per heavy atom. The van der Waals surface area contributed by atoms with Gasteiger partial charge in [0.15, 0.2) is 0 Å². The lowest BCUT2D eigenvalue weighted by atomic mass is 9.86. The van der Waals surface area contributed by atoms with Crippen LogP contribution in [0.4, 0.5) is 5.69 Å². The highest BCUT2D eigenvalue weighted by Gasteiger charge is 2.49. The molecule has 0 bridgehead atoms. The summed E-state index contributed by atoms with van der Waals surface area (Å²) in [6.45, 7) is 2.22. The molecule has 3 aliphatic rings. The molecule has 2 aliphatic heterocycles. The Labute approximate surface area is 142 Å². The van der Waals surface area contributed by atoms with E-state index in [1.54, 1.807) is 7.11 Å². The summed E-state index contributed by atoms with van der Waals surface area (Å²) in [6, 6.07) is 7.65. The van der Waals surface area contributed by atoms with E-state index in [1.807, 2.05) is 34.1 Å². The van der Waals surface area contributed by atoms with E-state index in [4.69, 9.17) is 4.74 Å². The molecule has 5 nitrogen and oxygen atoms in total. The van der Waals surface area contributed by atoms with E-state index in [2.05, 4.69) is 0 Å². The molecule has 1 atom stereocenters. The minimum atomic E-state index is -0.0701. The molecule has 2 saturated heterocycles. The third kappa shape index (κ3) is 2.87. The second-order valence-electron chi connectivity index (χ2n) is 7.57. The van der Waals surface area contributed by atoms with Crippen LogP contribution in [-0.4, -0.2) is 43.5 Å². The number of carbonyl (C=O) groups is 2. The number of ether oxygens (including phenoxy) is 1. The second-order valence-corrected chi connectivity index (χ2v) is 7.57. The SMILES string of the molecule is COc1cccc(N2C[C@]3(CCN(C(=O)CC4CC4)C3)CC2=O)c1. The van der Waals surface area contributed by atoms with Gasteiger partial charge >= 0.3 is 0 Å². The van der Waals surface area contributed by atoms with Gasteiger partial charge in [-0.25, -0.2) is 0 Å². The quantitative estimate of drug-likeness (QED) is 0.853. The standard InChI is InChI=1S/C19H24N2O3/c1-24-16-4-2-3-15(10-16)21-13-19(11-18(21)23)7-8-20(12-19)17(22)9-14-5-6-14/h2-4,10,14H,5-9,11-13H2,1H3/t19-/m1/s1. The average molecular weight is 328 g/mol. The number of hydrogen-bond donors (Lipinski definition) is 0. The molecule has 24 heavy (non-hydrogen) atoms. The first-order chi connectivity index (χ1) is 11.6. The first-order valence-corrected chi connectivity index (χ1v) is 8.81. The molecule has 128 valence electrons. The maximum Gasteiger partial charge on any atom is 0.227 e. The van der Waals surface area contributed by atoms with Crippen LogP contribution in [0.25, 0.3) is 0 Å². The third-order valence-electron chi connectivity index (χ3n) is 5.64. The predicted molar refractivity (Wildman–Crippen MR) is 90.9 cm³/mol. The van der Waals surface area contributed by atoms with Gasteiger partial charge in [0.1, 0.15) is 5.75 Å². The van der Waals surface area contributed by atoms with Gasteiger partial charge in [-0.05, 0) is 37.3 Å². The highest BCUT2D eigenvalue weighted by Crippen LogP contribution is 2.43. The van der Waals surface area contributed by atoms with Crippen molar-refractivity contribution in [2.75, 3.05) is 31.6 Å². The summed E-state index contributed by atoms with van der Waals surface area (Å²) >= 11 is 0. The van der Waals surface area contributed by atoms with Crippen molar-refractivity contribution in [3.63, 3.8) is 0 Å². The number of likely N-dealkylation sites (tertiary alicyclic amines) is 1. The number of carbonyl (C=O) groups excluding carboxylic acids is 2. The van der Waals surface area contributed by atoms with E-state index in [0.717, 1.165) is 30.9 Å². The zero-order valence-electron chi connectivity index (χ0n) is 14.2. The molecule has 2 heterocycles. The van der Waals surface area contributed by atoms with E-state index in [1.165, 1.54) is 12.8 Å². The fraction of sp³-hybridized carbons (Fsp3) is 0.579. The van der Waals surface area contributed by atoms with E-state index in [-0.39, 0.29) is 17.2 Å². The largest absolute Gasteiger partial charge is 0.497 e. The summed E-state index contributed by atoms with van der Waals surface area (Å²) in [5.41, 5.74) is 0.818. The van der Waals surface area contributed by atoms with Crippen LogP contribution in [0.5, 0.6) is 5.75 Å². The number of methoxy groups -OCH3 is 1. The van der Waals surface area contributed by atoms with Gasteiger partial charge < -0.3 is 14.5 Å². The molecule has 0 aromatic heterocycles. The van der Waals surface area contributed by atoms with Crippen LogP contribution < -0.4 is 9.64 Å². The van der Waals surface area contributed by atoms with Crippen LogP contribution in [0.3, 0.4) is 0 Å². The molecule has 3 fully saturated rings. The zero-order chi connectivity index (χ0) is 16.7. The lowest BCUT2D eigenvalue weighted by Gasteiger charge is -2.24. The Kier molecular flexibility index (Phi) is 3.74. The Balaban J connectivity index is 1.46. The van der Waals surface area contributed by atoms with Crippen molar-refractivity contribution in [1.29, 1.82) is 0 Å². The summed E-state index contributed by atoms with van der Waals surface area (Å²) in [7, 11) is 1.63. The minimum Gasteiger partial charge on any atom is -0.497 e. The molecule has 0 radical (unpaired) electrons. The molecular formula is C19H24N2O3. The predicted octanol–water partition coefficient (Wildman–Crippen LogP) is 2.45. The molecule has 0 unspecified atom stereocenters. The number of amides is 2. The average Bonchev–Trinajstić information content (AvgIpc) is 3.21. The van der Waals surface area contributed by atoms with E-state index < -0.39 is 0 Å². The molecule has 1 aromatic rings. The van der Waals surface area contributed by atoms with Gasteiger partial charge in [0.2, 0.25) is 11.8 Å². The summed E-state index contributed by atoms with van der Waals surface area (Å²) in [4.78, 5) is 28.8. The van der Waals surface area contributed by atoms with Crippen molar-refractivity contribution < 1.29 is 14.3 Å². The molecule has 2 amide bonds. The number of nitrogens with zero attached hydrogens (tertiary/aromatic N) is 2. The fourth-order valence-corrected chi connectivity index (χ4v) is 4.03. The van der Waals surface area contributed by atoms with E-state index in [0.29, 0.717) is 25.3 Å². The fourth-order valence-electron chi connectivity index (χ4n) is 4.03. The van der Waals surface area contributed by atoms with E-state index >= 15 is 0 Å². The third-order valence-corrected chi connectivity index (χ3v) is 5.64. The van der Waals surface area contributed by atoms with Crippen LogP contribution in [0, 0.1) is 11.3 Å². The highest BCUT2D eigenvalue weighted by atomic mass is 16.5. The minimum absolute atomic E-state index is 0.0701. The van der Waals surface area contributed by atoms with Crippen molar-refractivity contribution >= 4 is 17.5 Å². The van der Waals surface area contributed by atoms with Crippen molar-refractivity contribution in [2.24, 2.45) is 11.3 Å². The molecule has 1 aromatic carbocycles. The molecule has 4 rings (SSSR count). The normalized spacial score (nSPS) is 26.5. The topological polar surface area (TPSA) is 49.9 Å². The Hall–Kier alpha value is -2.04. The first-order valence-electron chi connectivity index (χ1n) is 8.81. The monoisotopic (exact) mass is 328 g/mol. The van der Waals surface area contributed by atoms with Gasteiger partial charge in [-0.1, -0.05) is 6.07 Å². The Bertz CT molecular complexity index is 670. The van der Waals surface area contributed by atoms with Crippen molar-refractivity contribution in [2.45, 2.75) is 32.1 Å². The Morgan fingerprint density at radius 1 is 1.33 bits per heavy atom. The number of anilines is 1. The van der Waals surface area contributed by atoms with Crippen LogP contribution in [0.2, 0.25) is 0 Å². The highest BCUT2D eigenvalue weighted by molar-refractivity contribution is 5.96. The van der Waals surface area contributed by atoms with E-state index in [9.17, 15) is 9.59 Å². The lowest BCUT2D eigenvalue weighted by Crippen LogP contribution is -2.34. The van der Waals surface area contributed by atoms with Crippen LogP contribution in [0.15, 0.2) is 24.3 Å². The molecule has 1 spiro atoms. The lowest BCUT2D eigenvalue weighted by molar-refractivity contribution is -0.131. The van der Waals surface area contributed by atoms with Gasteiger partial charge in [0.05, 0.1) is 7.11 Å². The molecule has 0 N–H and O–H groups in total. The maximum absolute atomic E-state index is 12.6. The number of benzene rings is 1. The molecule has 1 saturated carbocycles. The van der Waals surface area contributed by atoms with Crippen molar-refractivity contribution in [3.05, 3.63) is 24.3 Å². The molecular weight excluding hydrogens is 304 g/mol. The van der Waals surface area contributed by atoms with Crippen LogP contribution >= 0.6 is 0 Å². The van der Waals surface area contributed by atoms with Gasteiger partial charge in [-0.2, -0.15) is 0 Å². The van der Waals surface area contributed by atoms with Crippen LogP contribution in [0.1, 0.15) is 32.1 Å². The Morgan fingerprint density at radius 3 is 2.92 bits per heavy atom. The van der Waals surface area contributed by atoms with Crippen molar-refractivity contribution in [3.8, 4) is 5.75 Å². The molecule has 1 aliphatic carbocycles. The zero-order valence-corrected chi connectivity index (χ0v) is 14.2. The van der Waals surface area contributed by atoms with Gasteiger partial charge in [-0.15, -0.1) is 0 Å². The maximum atomic E-state index is 12.6. The van der Waals surface area contributed by atoms with Crippen LogP contribution in [-0.2, 0) is 9.59 Å². The van der Waals surface area contributed by atoms with Crippen molar-refractivity contribution in [1.82, 2.24) is 4.90 Å². The smallest absolute Gasteiger partial charge is 0.227 e. The van der Waals surface area contributed by atoms with Gasteiger partial charge in [0, 0.05) is 49.6 Å².